The molecule has 0 aliphatic carbocycles. The molecule has 304 valence electrons. The van der Waals surface area contributed by atoms with E-state index < -0.39 is 0 Å². The van der Waals surface area contributed by atoms with E-state index in [1.807, 2.05) is 0 Å². The fourth-order valence-electron chi connectivity index (χ4n) is 8.59. The zero-order chi connectivity index (χ0) is 42.9. The number of benzene rings is 10. The quantitative estimate of drug-likeness (QED) is 0.113. The van der Waals surface area contributed by atoms with E-state index >= 15 is 0 Å². The van der Waals surface area contributed by atoms with Crippen LogP contribution >= 0.6 is 0 Å². The molecule has 0 aliphatic heterocycles. The lowest BCUT2D eigenvalue weighted by molar-refractivity contribution is 1.28. The van der Waals surface area contributed by atoms with Crippen LogP contribution in [0.2, 0.25) is 0 Å². The maximum absolute atomic E-state index is 2.30. The van der Waals surface area contributed by atoms with Crippen molar-refractivity contribution in [2.24, 2.45) is 0 Å². The minimum Gasteiger partial charge on any atom is -0.311 e. The van der Waals surface area contributed by atoms with E-state index in [0.717, 1.165) is 45.3 Å². The molecule has 0 unspecified atom stereocenters. The summed E-state index contributed by atoms with van der Waals surface area (Å²) in [6.07, 6.45) is 0. The first-order valence-corrected chi connectivity index (χ1v) is 21.8. The first-order valence-electron chi connectivity index (χ1n) is 21.8. The summed E-state index contributed by atoms with van der Waals surface area (Å²) in [5.74, 6) is 0. The van der Waals surface area contributed by atoms with Gasteiger partial charge in [-0.2, -0.15) is 0 Å². The maximum Gasteiger partial charge on any atom is 0.0462 e. The van der Waals surface area contributed by atoms with E-state index in [1.54, 1.807) is 0 Å². The van der Waals surface area contributed by atoms with Crippen LogP contribution in [0.3, 0.4) is 0 Å². The van der Waals surface area contributed by atoms with Gasteiger partial charge in [0.15, 0.2) is 0 Å². The molecule has 0 bridgehead atoms. The highest BCUT2D eigenvalue weighted by Crippen LogP contribution is 2.40. The van der Waals surface area contributed by atoms with Crippen LogP contribution in [-0.4, -0.2) is 0 Å². The molecule has 0 amide bonds. The Morgan fingerprint density at radius 2 is 0.359 bits per heavy atom. The van der Waals surface area contributed by atoms with Crippen molar-refractivity contribution in [1.29, 1.82) is 0 Å². The summed E-state index contributed by atoms with van der Waals surface area (Å²) < 4.78 is 0. The SMILES string of the molecule is c1ccc(C(=C(c2ccccc2)c2ccc(-c3ccc(N(c4ccccc4)c4ccccc4)cc3)cc2)c2ccc(-c3ccc(N(c4ccccc4)c4ccccc4)cc3)cc2)cc1. The van der Waals surface area contributed by atoms with Crippen molar-refractivity contribution in [3.63, 3.8) is 0 Å². The molecule has 10 rings (SSSR count). The van der Waals surface area contributed by atoms with Crippen molar-refractivity contribution in [3.8, 4) is 22.3 Å². The van der Waals surface area contributed by atoms with Crippen molar-refractivity contribution in [2.45, 2.75) is 0 Å². The normalized spacial score (nSPS) is 11.4. The lowest BCUT2D eigenvalue weighted by Crippen LogP contribution is -2.09. The standard InChI is InChI=1S/C62H46N2/c1-7-19-51(20-8-1)61(53-35-31-47(32-36-53)49-39-43-59(44-40-49)63(55-23-11-3-12-24-55)56-25-13-4-14-26-56)62(52-21-9-2-10-22-52)54-37-33-48(34-38-54)50-41-45-60(46-42-50)64(57-27-15-5-16-28-57)58-29-17-6-18-30-58/h1-46H. The van der Waals surface area contributed by atoms with Gasteiger partial charge in [-0.3, -0.25) is 0 Å². The zero-order valence-corrected chi connectivity index (χ0v) is 35.5. The highest BCUT2D eigenvalue weighted by molar-refractivity contribution is 6.05. The van der Waals surface area contributed by atoms with Gasteiger partial charge in [0.1, 0.15) is 0 Å². The molecule has 10 aromatic carbocycles. The number of hydrogen-bond donors (Lipinski definition) is 0. The summed E-state index contributed by atoms with van der Waals surface area (Å²) in [5.41, 5.74) is 18.4. The molecule has 0 aliphatic rings. The molecule has 0 radical (unpaired) electrons. The Bertz CT molecular complexity index is 2760. The largest absolute Gasteiger partial charge is 0.311 e. The second-order valence-corrected chi connectivity index (χ2v) is 15.7. The Hall–Kier alpha value is -8.46. The lowest BCUT2D eigenvalue weighted by atomic mass is 9.85. The number of hydrogen-bond acceptors (Lipinski definition) is 2. The highest BCUT2D eigenvalue weighted by Gasteiger charge is 2.18. The van der Waals surface area contributed by atoms with Crippen LogP contribution in [0.15, 0.2) is 279 Å². The second kappa shape index (κ2) is 18.7. The van der Waals surface area contributed by atoms with E-state index in [1.165, 1.54) is 44.5 Å². The summed E-state index contributed by atoms with van der Waals surface area (Å²) in [5, 5.41) is 0. The van der Waals surface area contributed by atoms with Crippen LogP contribution in [0.5, 0.6) is 0 Å². The lowest BCUT2D eigenvalue weighted by Gasteiger charge is -2.25. The number of para-hydroxylation sites is 4. The number of nitrogens with zero attached hydrogens (tertiary/aromatic N) is 2. The van der Waals surface area contributed by atoms with Crippen molar-refractivity contribution >= 4 is 45.3 Å². The van der Waals surface area contributed by atoms with E-state index in [2.05, 4.69) is 289 Å². The summed E-state index contributed by atoms with van der Waals surface area (Å²) in [7, 11) is 0. The summed E-state index contributed by atoms with van der Waals surface area (Å²) in [4.78, 5) is 4.59. The molecular formula is C62H46N2. The van der Waals surface area contributed by atoms with Gasteiger partial charge < -0.3 is 9.80 Å². The minimum atomic E-state index is 1.11. The average Bonchev–Trinajstić information content (AvgIpc) is 3.38. The van der Waals surface area contributed by atoms with E-state index in [-0.39, 0.29) is 0 Å². The molecule has 0 aromatic heterocycles. The molecule has 10 aromatic rings. The molecule has 0 spiro atoms. The van der Waals surface area contributed by atoms with Gasteiger partial charge in [0, 0.05) is 34.1 Å². The summed E-state index contributed by atoms with van der Waals surface area (Å²) in [6.45, 7) is 0. The second-order valence-electron chi connectivity index (χ2n) is 15.7. The maximum atomic E-state index is 2.30. The Balaban J connectivity index is 0.992. The van der Waals surface area contributed by atoms with E-state index in [9.17, 15) is 0 Å². The van der Waals surface area contributed by atoms with Crippen LogP contribution in [0.1, 0.15) is 22.3 Å². The van der Waals surface area contributed by atoms with Crippen LogP contribution < -0.4 is 9.80 Å². The molecule has 0 saturated carbocycles. The van der Waals surface area contributed by atoms with Crippen LogP contribution in [-0.2, 0) is 0 Å². The summed E-state index contributed by atoms with van der Waals surface area (Å²) >= 11 is 0. The highest BCUT2D eigenvalue weighted by atomic mass is 15.1. The topological polar surface area (TPSA) is 6.48 Å². The molecule has 2 heteroatoms. The molecule has 0 fully saturated rings. The van der Waals surface area contributed by atoms with Crippen molar-refractivity contribution in [3.05, 3.63) is 301 Å². The Kier molecular flexibility index (Phi) is 11.6. The third kappa shape index (κ3) is 8.54. The first-order chi connectivity index (χ1) is 31.8. The molecule has 64 heavy (non-hydrogen) atoms. The molecule has 0 saturated heterocycles. The average molecular weight is 819 g/mol. The van der Waals surface area contributed by atoms with Gasteiger partial charge in [-0.1, -0.05) is 206 Å². The smallest absolute Gasteiger partial charge is 0.0462 e. The third-order valence-electron chi connectivity index (χ3n) is 11.7. The van der Waals surface area contributed by atoms with Gasteiger partial charge in [-0.25, -0.2) is 0 Å². The van der Waals surface area contributed by atoms with Crippen LogP contribution in [0, 0.1) is 0 Å². The van der Waals surface area contributed by atoms with Gasteiger partial charge in [0.05, 0.1) is 0 Å². The molecule has 0 atom stereocenters. The predicted molar refractivity (Wildman–Crippen MR) is 271 cm³/mol. The van der Waals surface area contributed by atoms with E-state index in [0.29, 0.717) is 0 Å². The predicted octanol–water partition coefficient (Wildman–Crippen LogP) is 17.0. The van der Waals surface area contributed by atoms with Gasteiger partial charge in [-0.05, 0) is 128 Å². The Morgan fingerprint density at radius 3 is 0.609 bits per heavy atom. The van der Waals surface area contributed by atoms with Gasteiger partial charge in [0.25, 0.3) is 0 Å². The third-order valence-corrected chi connectivity index (χ3v) is 11.7. The van der Waals surface area contributed by atoms with E-state index in [4.69, 9.17) is 0 Å². The number of rotatable bonds is 12. The molecule has 0 N–H and O–H groups in total. The van der Waals surface area contributed by atoms with Gasteiger partial charge >= 0.3 is 0 Å². The van der Waals surface area contributed by atoms with Crippen molar-refractivity contribution < 1.29 is 0 Å². The van der Waals surface area contributed by atoms with Gasteiger partial charge in [0.2, 0.25) is 0 Å². The fraction of sp³-hybridized carbons (Fsp3) is 0. The molecule has 0 heterocycles. The van der Waals surface area contributed by atoms with Gasteiger partial charge in [-0.15, -0.1) is 0 Å². The molecular weight excluding hydrogens is 773 g/mol. The Morgan fingerprint density at radius 1 is 0.172 bits per heavy atom. The van der Waals surface area contributed by atoms with Crippen LogP contribution in [0.4, 0.5) is 34.1 Å². The van der Waals surface area contributed by atoms with Crippen molar-refractivity contribution in [2.75, 3.05) is 9.80 Å². The number of anilines is 6. The van der Waals surface area contributed by atoms with Crippen molar-refractivity contribution in [1.82, 2.24) is 0 Å². The summed E-state index contributed by atoms with van der Waals surface area (Å²) in [6, 6.07) is 99.7. The fourth-order valence-corrected chi connectivity index (χ4v) is 8.59. The Labute approximate surface area is 377 Å². The zero-order valence-electron chi connectivity index (χ0n) is 35.5. The molecule has 2 nitrogen and oxygen atoms in total. The first kappa shape index (κ1) is 39.7. The van der Waals surface area contributed by atoms with Crippen LogP contribution in [0.25, 0.3) is 33.4 Å². The monoisotopic (exact) mass is 818 g/mol. The minimum absolute atomic E-state index is 1.11.